The van der Waals surface area contributed by atoms with E-state index in [0.29, 0.717) is 0 Å². The topological polar surface area (TPSA) is 24.8 Å². The molecule has 2 heterocycles. The summed E-state index contributed by atoms with van der Waals surface area (Å²) in [6.45, 7) is 4.45. The van der Waals surface area contributed by atoms with Crippen LogP contribution in [0.5, 0.6) is 5.75 Å². The molecule has 0 fully saturated rings. The standard InChI is InChI=1S/C23H27BrN2O/c1-3-4-5-8-15-23(2)26-21(19-9-6-7-10-22(19)27-23)16-20(25-26)17-11-13-18(24)14-12-17/h6-7,9-14,21H,3-5,8,15-16H2,1-2H3/t21-,23+/m0/s1. The summed E-state index contributed by atoms with van der Waals surface area (Å²) in [5.74, 6) is 1.02. The summed E-state index contributed by atoms with van der Waals surface area (Å²) in [7, 11) is 0. The van der Waals surface area contributed by atoms with Gasteiger partial charge < -0.3 is 4.74 Å². The summed E-state index contributed by atoms with van der Waals surface area (Å²) in [6.07, 6.45) is 6.86. The van der Waals surface area contributed by atoms with Gasteiger partial charge in [-0.15, -0.1) is 0 Å². The van der Waals surface area contributed by atoms with Crippen LogP contribution in [-0.4, -0.2) is 16.4 Å². The third-order valence-corrected chi connectivity index (χ3v) is 6.20. The molecule has 0 N–H and O–H groups in total. The first kappa shape index (κ1) is 18.5. The van der Waals surface area contributed by atoms with Crippen LogP contribution in [0.1, 0.15) is 69.5 Å². The molecule has 2 atom stereocenters. The molecule has 2 aliphatic heterocycles. The molecule has 0 saturated carbocycles. The van der Waals surface area contributed by atoms with Crippen LogP contribution in [0.25, 0.3) is 0 Å². The van der Waals surface area contributed by atoms with Crippen molar-refractivity contribution in [3.05, 3.63) is 64.1 Å². The summed E-state index contributed by atoms with van der Waals surface area (Å²) < 4.78 is 7.62. The average Bonchev–Trinajstić information content (AvgIpc) is 3.13. The normalized spacial score (nSPS) is 23.4. The van der Waals surface area contributed by atoms with Gasteiger partial charge in [-0.1, -0.05) is 72.4 Å². The summed E-state index contributed by atoms with van der Waals surface area (Å²) >= 11 is 3.53. The molecule has 2 aliphatic rings. The Labute approximate surface area is 170 Å². The minimum absolute atomic E-state index is 0.254. The molecule has 142 valence electrons. The van der Waals surface area contributed by atoms with Gasteiger partial charge in [0, 0.05) is 22.9 Å². The van der Waals surface area contributed by atoms with E-state index in [-0.39, 0.29) is 11.8 Å². The fourth-order valence-corrected chi connectivity index (χ4v) is 4.45. The summed E-state index contributed by atoms with van der Waals surface area (Å²) in [4.78, 5) is 0. The molecule has 0 aliphatic carbocycles. The Kier molecular flexibility index (Phi) is 5.27. The number of halogens is 1. The van der Waals surface area contributed by atoms with Crippen LogP contribution < -0.4 is 4.74 Å². The third-order valence-electron chi connectivity index (χ3n) is 5.67. The molecule has 0 radical (unpaired) electrons. The van der Waals surface area contributed by atoms with Gasteiger partial charge in [-0.3, -0.25) is 0 Å². The van der Waals surface area contributed by atoms with E-state index in [2.05, 4.69) is 83.3 Å². The Hall–Kier alpha value is -1.81. The Balaban J connectivity index is 1.65. The first-order valence-corrected chi connectivity index (χ1v) is 10.8. The van der Waals surface area contributed by atoms with Gasteiger partial charge in [0.1, 0.15) is 5.75 Å². The molecule has 2 aromatic carbocycles. The third kappa shape index (κ3) is 3.64. The quantitative estimate of drug-likeness (QED) is 0.481. The molecule has 3 nitrogen and oxygen atoms in total. The van der Waals surface area contributed by atoms with Gasteiger partial charge >= 0.3 is 0 Å². The summed E-state index contributed by atoms with van der Waals surface area (Å²) in [6, 6.07) is 17.2. The van der Waals surface area contributed by atoms with Gasteiger partial charge in [0.25, 0.3) is 0 Å². The fourth-order valence-electron chi connectivity index (χ4n) is 4.18. The predicted octanol–water partition coefficient (Wildman–Crippen LogP) is 6.68. The molecule has 0 saturated heterocycles. The van der Waals surface area contributed by atoms with E-state index in [1.165, 1.54) is 36.8 Å². The molecule has 4 heteroatoms. The lowest BCUT2D eigenvalue weighted by Gasteiger charge is -2.46. The number of ether oxygens (including phenoxy) is 1. The van der Waals surface area contributed by atoms with Crippen molar-refractivity contribution in [1.82, 2.24) is 5.01 Å². The number of fused-ring (bicyclic) bond motifs is 3. The van der Waals surface area contributed by atoms with E-state index in [4.69, 9.17) is 9.84 Å². The zero-order valence-electron chi connectivity index (χ0n) is 16.1. The van der Waals surface area contributed by atoms with E-state index in [0.717, 1.165) is 28.8 Å². The first-order valence-electron chi connectivity index (χ1n) is 10.0. The van der Waals surface area contributed by atoms with Crippen LogP contribution in [0.4, 0.5) is 0 Å². The molecule has 4 rings (SSSR count). The average molecular weight is 427 g/mol. The lowest BCUT2D eigenvalue weighted by molar-refractivity contribution is -0.112. The predicted molar refractivity (Wildman–Crippen MR) is 114 cm³/mol. The molecule has 0 unspecified atom stereocenters. The van der Waals surface area contributed by atoms with Gasteiger partial charge in [0.05, 0.1) is 11.8 Å². The van der Waals surface area contributed by atoms with Crippen molar-refractivity contribution in [3.63, 3.8) is 0 Å². The number of para-hydroxylation sites is 1. The van der Waals surface area contributed by atoms with Crippen molar-refractivity contribution < 1.29 is 4.74 Å². The van der Waals surface area contributed by atoms with Crippen LogP contribution >= 0.6 is 15.9 Å². The molecule has 0 bridgehead atoms. The Bertz CT molecular complexity index is 833. The highest BCUT2D eigenvalue weighted by Gasteiger charge is 2.47. The maximum absolute atomic E-state index is 6.53. The lowest BCUT2D eigenvalue weighted by atomic mass is 9.93. The van der Waals surface area contributed by atoms with Crippen LogP contribution in [0.15, 0.2) is 58.1 Å². The second kappa shape index (κ2) is 7.67. The Morgan fingerprint density at radius 3 is 2.67 bits per heavy atom. The molecule has 2 aromatic rings. The second-order valence-electron chi connectivity index (χ2n) is 7.74. The first-order chi connectivity index (χ1) is 13.1. The zero-order chi connectivity index (χ0) is 18.9. The number of rotatable bonds is 6. The van der Waals surface area contributed by atoms with Crippen molar-refractivity contribution in [3.8, 4) is 5.75 Å². The van der Waals surface area contributed by atoms with Crippen LogP contribution in [0, 0.1) is 0 Å². The van der Waals surface area contributed by atoms with Gasteiger partial charge in [-0.05, 0) is 37.1 Å². The molecular formula is C23H27BrN2O. The van der Waals surface area contributed by atoms with Crippen molar-refractivity contribution in [2.75, 3.05) is 0 Å². The minimum Gasteiger partial charge on any atom is -0.466 e. The van der Waals surface area contributed by atoms with Gasteiger partial charge in [-0.2, -0.15) is 5.10 Å². The Morgan fingerprint density at radius 1 is 1.11 bits per heavy atom. The largest absolute Gasteiger partial charge is 0.466 e. The molecule has 0 aromatic heterocycles. The molecule has 0 amide bonds. The number of nitrogens with zero attached hydrogens (tertiary/aromatic N) is 2. The zero-order valence-corrected chi connectivity index (χ0v) is 17.7. The maximum Gasteiger partial charge on any atom is 0.195 e. The van der Waals surface area contributed by atoms with E-state index < -0.39 is 0 Å². The number of hydrazone groups is 1. The summed E-state index contributed by atoms with van der Waals surface area (Å²) in [5.41, 5.74) is 3.20. The highest BCUT2D eigenvalue weighted by molar-refractivity contribution is 9.10. The van der Waals surface area contributed by atoms with Crippen molar-refractivity contribution in [2.24, 2.45) is 5.10 Å². The molecule has 0 spiro atoms. The summed E-state index contributed by atoms with van der Waals surface area (Å²) in [5, 5.41) is 7.31. The van der Waals surface area contributed by atoms with E-state index in [9.17, 15) is 0 Å². The SMILES string of the molecule is CCCCCC[C@@]1(C)Oc2ccccc2[C@@H]2CC(c3ccc(Br)cc3)=NN21. The van der Waals surface area contributed by atoms with Crippen molar-refractivity contribution >= 4 is 21.6 Å². The molecular weight excluding hydrogens is 400 g/mol. The fraction of sp³-hybridized carbons (Fsp3) is 0.435. The smallest absolute Gasteiger partial charge is 0.195 e. The van der Waals surface area contributed by atoms with Crippen molar-refractivity contribution in [2.45, 2.75) is 64.1 Å². The van der Waals surface area contributed by atoms with E-state index in [1.807, 2.05) is 0 Å². The number of unbranched alkanes of at least 4 members (excludes halogenated alkanes) is 3. The van der Waals surface area contributed by atoms with Crippen LogP contribution in [0.2, 0.25) is 0 Å². The van der Waals surface area contributed by atoms with Crippen LogP contribution in [0.3, 0.4) is 0 Å². The highest BCUT2D eigenvalue weighted by Crippen LogP contribution is 2.48. The van der Waals surface area contributed by atoms with Gasteiger partial charge in [0.15, 0.2) is 5.72 Å². The van der Waals surface area contributed by atoms with E-state index >= 15 is 0 Å². The maximum atomic E-state index is 6.53. The highest BCUT2D eigenvalue weighted by atomic mass is 79.9. The molecule has 27 heavy (non-hydrogen) atoms. The Morgan fingerprint density at radius 2 is 1.89 bits per heavy atom. The lowest BCUT2D eigenvalue weighted by Crippen LogP contribution is -2.51. The van der Waals surface area contributed by atoms with Gasteiger partial charge in [-0.25, -0.2) is 5.01 Å². The van der Waals surface area contributed by atoms with Crippen molar-refractivity contribution in [1.29, 1.82) is 0 Å². The number of hydrogen-bond acceptors (Lipinski definition) is 3. The van der Waals surface area contributed by atoms with Crippen LogP contribution in [-0.2, 0) is 0 Å². The van der Waals surface area contributed by atoms with E-state index in [1.54, 1.807) is 0 Å². The number of hydrogen-bond donors (Lipinski definition) is 0. The minimum atomic E-state index is -0.385. The number of benzene rings is 2. The van der Waals surface area contributed by atoms with Gasteiger partial charge in [0.2, 0.25) is 0 Å². The monoisotopic (exact) mass is 426 g/mol. The second-order valence-corrected chi connectivity index (χ2v) is 8.66.